The molecule has 0 N–H and O–H groups in total. The molecule has 0 atom stereocenters. The summed E-state index contributed by atoms with van der Waals surface area (Å²) in [7, 11) is 0. The van der Waals surface area contributed by atoms with Crippen LogP contribution in [0, 0.1) is 0 Å². The molecule has 1 heterocycles. The van der Waals surface area contributed by atoms with E-state index < -0.39 is 0 Å². The zero-order chi connectivity index (χ0) is 20.4. The number of hydrogen-bond acceptors (Lipinski definition) is 3. The van der Waals surface area contributed by atoms with Crippen LogP contribution in [-0.4, -0.2) is 21.3 Å². The van der Waals surface area contributed by atoms with E-state index in [-0.39, 0.29) is 22.8 Å². The Morgan fingerprint density at radius 1 is 0.690 bits per heavy atom. The van der Waals surface area contributed by atoms with Gasteiger partial charge in [-0.25, -0.2) is 4.68 Å². The van der Waals surface area contributed by atoms with Crippen molar-refractivity contribution in [2.24, 2.45) is 0 Å². The fourth-order valence-corrected chi connectivity index (χ4v) is 3.17. The monoisotopic (exact) mass is 420 g/mol. The molecule has 6 heteroatoms. The molecule has 0 aliphatic rings. The van der Waals surface area contributed by atoms with Crippen LogP contribution in [0.1, 0.15) is 32.0 Å². The molecular weight excluding hydrogens is 407 g/mol. The van der Waals surface area contributed by atoms with Crippen LogP contribution in [0.5, 0.6) is 0 Å². The molecule has 0 aliphatic heterocycles. The normalized spacial score (nSPS) is 10.7. The van der Waals surface area contributed by atoms with Gasteiger partial charge in [0.2, 0.25) is 5.78 Å². The number of carbonyl (C=O) groups excluding carboxylic acids is 2. The van der Waals surface area contributed by atoms with Gasteiger partial charge in [-0.05, 0) is 60.7 Å². The molecule has 0 amide bonds. The molecule has 0 aliphatic carbocycles. The smallest absolute Gasteiger partial charge is 0.214 e. The van der Waals surface area contributed by atoms with E-state index in [1.807, 2.05) is 30.3 Å². The highest BCUT2D eigenvalue weighted by molar-refractivity contribution is 6.31. The third kappa shape index (κ3) is 3.99. The number of hydrogen-bond donors (Lipinski definition) is 0. The minimum Gasteiger partial charge on any atom is -0.288 e. The van der Waals surface area contributed by atoms with E-state index in [1.165, 1.54) is 4.68 Å². The van der Waals surface area contributed by atoms with Gasteiger partial charge in [-0.3, -0.25) is 9.59 Å². The van der Waals surface area contributed by atoms with Gasteiger partial charge in [-0.15, -0.1) is 0 Å². The average molecular weight is 421 g/mol. The number of ketones is 2. The van der Waals surface area contributed by atoms with Crippen molar-refractivity contribution in [1.29, 1.82) is 0 Å². The molecule has 29 heavy (non-hydrogen) atoms. The lowest BCUT2D eigenvalue weighted by molar-refractivity contribution is 0.100. The SMILES string of the molecule is O=C(c1ccc(Cl)cc1)c1cn(-c2ccccc2)nc1C(=O)c1ccc(Cl)cc1. The Morgan fingerprint density at radius 2 is 1.21 bits per heavy atom. The zero-order valence-electron chi connectivity index (χ0n) is 15.0. The summed E-state index contributed by atoms with van der Waals surface area (Å²) in [4.78, 5) is 26.3. The van der Waals surface area contributed by atoms with Crippen LogP contribution < -0.4 is 0 Å². The largest absolute Gasteiger partial charge is 0.288 e. The van der Waals surface area contributed by atoms with Gasteiger partial charge >= 0.3 is 0 Å². The average Bonchev–Trinajstić information content (AvgIpc) is 3.20. The first-order valence-corrected chi connectivity index (χ1v) is 9.54. The van der Waals surface area contributed by atoms with Crippen molar-refractivity contribution in [2.75, 3.05) is 0 Å². The lowest BCUT2D eigenvalue weighted by Gasteiger charge is -2.03. The Morgan fingerprint density at radius 3 is 1.76 bits per heavy atom. The van der Waals surface area contributed by atoms with Gasteiger partial charge in [-0.2, -0.15) is 5.10 Å². The summed E-state index contributed by atoms with van der Waals surface area (Å²) < 4.78 is 1.53. The molecule has 3 aromatic carbocycles. The predicted octanol–water partition coefficient (Wildman–Crippen LogP) is 5.64. The topological polar surface area (TPSA) is 52.0 Å². The first kappa shape index (κ1) is 19.1. The Balaban J connectivity index is 1.82. The Kier molecular flexibility index (Phi) is 5.30. The van der Waals surface area contributed by atoms with Crippen LogP contribution in [0.15, 0.2) is 85.1 Å². The minimum atomic E-state index is -0.353. The van der Waals surface area contributed by atoms with Crippen molar-refractivity contribution in [3.63, 3.8) is 0 Å². The predicted molar refractivity (Wildman–Crippen MR) is 113 cm³/mol. The molecule has 1 aromatic heterocycles. The molecule has 0 bridgehead atoms. The van der Waals surface area contributed by atoms with Crippen LogP contribution in [0.25, 0.3) is 5.69 Å². The van der Waals surface area contributed by atoms with Gasteiger partial charge in [0.15, 0.2) is 5.78 Å². The molecule has 142 valence electrons. The highest BCUT2D eigenvalue weighted by atomic mass is 35.5. The second kappa shape index (κ2) is 8.03. The van der Waals surface area contributed by atoms with E-state index >= 15 is 0 Å². The first-order chi connectivity index (χ1) is 14.0. The number of rotatable bonds is 5. The lowest BCUT2D eigenvalue weighted by Crippen LogP contribution is -2.10. The number of aromatic nitrogens is 2. The van der Waals surface area contributed by atoms with E-state index in [4.69, 9.17) is 23.2 Å². The fourth-order valence-electron chi connectivity index (χ4n) is 2.92. The summed E-state index contributed by atoms with van der Waals surface area (Å²) in [5, 5.41) is 5.48. The van der Waals surface area contributed by atoms with Crippen LogP contribution in [-0.2, 0) is 0 Å². The molecule has 0 saturated heterocycles. The molecule has 0 unspecified atom stereocenters. The van der Waals surface area contributed by atoms with Crippen molar-refractivity contribution in [3.8, 4) is 5.69 Å². The van der Waals surface area contributed by atoms with E-state index in [2.05, 4.69) is 5.10 Å². The Bertz CT molecular complexity index is 1110. The van der Waals surface area contributed by atoms with Crippen LogP contribution in [0.3, 0.4) is 0 Å². The number of benzene rings is 3. The van der Waals surface area contributed by atoms with Crippen molar-refractivity contribution >= 4 is 34.8 Å². The van der Waals surface area contributed by atoms with Crippen LogP contribution in [0.4, 0.5) is 0 Å². The third-order valence-corrected chi connectivity index (χ3v) is 4.91. The summed E-state index contributed by atoms with van der Waals surface area (Å²) >= 11 is 11.9. The van der Waals surface area contributed by atoms with Crippen LogP contribution >= 0.6 is 23.2 Å². The Labute approximate surface area is 177 Å². The second-order valence-electron chi connectivity index (χ2n) is 6.34. The van der Waals surface area contributed by atoms with Gasteiger partial charge in [-0.1, -0.05) is 41.4 Å². The number of halogens is 2. The van der Waals surface area contributed by atoms with E-state index in [9.17, 15) is 9.59 Å². The van der Waals surface area contributed by atoms with E-state index in [0.717, 1.165) is 5.69 Å². The maximum absolute atomic E-state index is 13.1. The number of carbonyl (C=O) groups is 2. The zero-order valence-corrected chi connectivity index (χ0v) is 16.6. The van der Waals surface area contributed by atoms with Crippen LogP contribution in [0.2, 0.25) is 10.0 Å². The summed E-state index contributed by atoms with van der Waals surface area (Å²) in [6.45, 7) is 0. The third-order valence-electron chi connectivity index (χ3n) is 4.41. The maximum atomic E-state index is 13.1. The van der Waals surface area contributed by atoms with E-state index in [1.54, 1.807) is 54.7 Å². The standard InChI is InChI=1S/C23H14Cl2N2O2/c24-17-10-6-15(7-11-17)22(28)20-14-27(19-4-2-1-3-5-19)26-21(20)23(29)16-8-12-18(25)13-9-16/h1-14H. The summed E-state index contributed by atoms with van der Waals surface area (Å²) in [5.74, 6) is -0.658. The summed E-state index contributed by atoms with van der Waals surface area (Å²) in [5.41, 5.74) is 1.87. The van der Waals surface area contributed by atoms with Gasteiger partial charge in [0.05, 0.1) is 11.3 Å². The first-order valence-electron chi connectivity index (χ1n) is 8.78. The summed E-state index contributed by atoms with van der Waals surface area (Å²) in [6.07, 6.45) is 1.58. The molecule has 0 spiro atoms. The van der Waals surface area contributed by atoms with Crippen molar-refractivity contribution in [2.45, 2.75) is 0 Å². The van der Waals surface area contributed by atoms with Gasteiger partial charge in [0, 0.05) is 27.4 Å². The van der Waals surface area contributed by atoms with Gasteiger partial charge in [0.1, 0.15) is 5.69 Å². The molecular formula is C23H14Cl2N2O2. The minimum absolute atomic E-state index is 0.0797. The van der Waals surface area contributed by atoms with E-state index in [0.29, 0.717) is 21.2 Å². The van der Waals surface area contributed by atoms with Crippen molar-refractivity contribution < 1.29 is 9.59 Å². The summed E-state index contributed by atoms with van der Waals surface area (Å²) in [6, 6.07) is 22.3. The molecule has 4 rings (SSSR count). The second-order valence-corrected chi connectivity index (χ2v) is 7.22. The van der Waals surface area contributed by atoms with Crippen molar-refractivity contribution in [3.05, 3.63) is 117 Å². The highest BCUT2D eigenvalue weighted by Gasteiger charge is 2.24. The molecule has 0 saturated carbocycles. The molecule has 0 radical (unpaired) electrons. The number of para-hydroxylation sites is 1. The number of nitrogens with zero attached hydrogens (tertiary/aromatic N) is 2. The Hall–Kier alpha value is -3.21. The fraction of sp³-hybridized carbons (Fsp3) is 0. The molecule has 4 nitrogen and oxygen atoms in total. The quantitative estimate of drug-likeness (QED) is 0.392. The molecule has 0 fully saturated rings. The maximum Gasteiger partial charge on any atom is 0.214 e. The van der Waals surface area contributed by atoms with Gasteiger partial charge in [0.25, 0.3) is 0 Å². The van der Waals surface area contributed by atoms with Gasteiger partial charge < -0.3 is 0 Å². The van der Waals surface area contributed by atoms with Crippen molar-refractivity contribution in [1.82, 2.24) is 9.78 Å². The lowest BCUT2D eigenvalue weighted by atomic mass is 9.99. The highest BCUT2D eigenvalue weighted by Crippen LogP contribution is 2.21. The molecule has 4 aromatic rings.